The van der Waals surface area contributed by atoms with Crippen molar-refractivity contribution < 1.29 is 24.2 Å². The second-order valence-electron chi connectivity index (χ2n) is 7.48. The van der Waals surface area contributed by atoms with E-state index in [0.29, 0.717) is 36.6 Å². The molecule has 5 N–H and O–H groups in total. The lowest BCUT2D eigenvalue weighted by Gasteiger charge is -2.22. The minimum atomic E-state index is -0.404. The van der Waals surface area contributed by atoms with Crippen LogP contribution in [0.1, 0.15) is 39.1 Å². The van der Waals surface area contributed by atoms with Gasteiger partial charge in [-0.05, 0) is 43.7 Å². The largest absolute Gasteiger partial charge is 0.507 e. The number of amides is 1. The molecule has 0 saturated carbocycles. The molecule has 0 bridgehead atoms. The fraction of sp³-hybridized carbons (Fsp3) is 0.364. The highest BCUT2D eigenvalue weighted by molar-refractivity contribution is 6.13. The number of carbonyl (C=O) groups is 2. The van der Waals surface area contributed by atoms with Crippen LogP contribution in [0.5, 0.6) is 17.2 Å². The summed E-state index contributed by atoms with van der Waals surface area (Å²) in [6.07, 6.45) is 1.76. The first-order valence-electron chi connectivity index (χ1n) is 10.1. The molecule has 1 amide bonds. The SMILES string of the molecule is N[C@@H]1CNCCC[C@H]1NC(=O)c1ccc(C(=O)c2c(O)ccc3c2OCCO3)cc1. The molecule has 2 atom stereocenters. The van der Waals surface area contributed by atoms with Crippen LogP contribution in [0, 0.1) is 0 Å². The van der Waals surface area contributed by atoms with Crippen molar-refractivity contribution in [1.82, 2.24) is 10.6 Å². The molecule has 8 heteroatoms. The molecule has 0 radical (unpaired) electrons. The summed E-state index contributed by atoms with van der Waals surface area (Å²) in [4.78, 5) is 25.6. The maximum Gasteiger partial charge on any atom is 0.251 e. The Morgan fingerprint density at radius 1 is 1.07 bits per heavy atom. The zero-order chi connectivity index (χ0) is 21.1. The number of ether oxygens (including phenoxy) is 2. The average molecular weight is 411 g/mol. The van der Waals surface area contributed by atoms with E-state index in [1.165, 1.54) is 6.07 Å². The molecular formula is C22H25N3O5. The van der Waals surface area contributed by atoms with E-state index in [0.717, 1.165) is 19.4 Å². The Morgan fingerprint density at radius 3 is 2.60 bits per heavy atom. The zero-order valence-corrected chi connectivity index (χ0v) is 16.5. The Kier molecular flexibility index (Phi) is 5.87. The van der Waals surface area contributed by atoms with Gasteiger partial charge in [-0.25, -0.2) is 0 Å². The van der Waals surface area contributed by atoms with Crippen LogP contribution in [0.2, 0.25) is 0 Å². The summed E-state index contributed by atoms with van der Waals surface area (Å²) in [5.41, 5.74) is 6.97. The molecule has 30 heavy (non-hydrogen) atoms. The summed E-state index contributed by atoms with van der Waals surface area (Å²) in [5.74, 6) is -0.148. The number of hydrogen-bond donors (Lipinski definition) is 4. The molecule has 2 aromatic rings. The van der Waals surface area contributed by atoms with Crippen molar-refractivity contribution in [2.24, 2.45) is 5.73 Å². The Balaban J connectivity index is 1.51. The van der Waals surface area contributed by atoms with Crippen LogP contribution < -0.4 is 25.8 Å². The van der Waals surface area contributed by atoms with Crippen molar-refractivity contribution in [1.29, 1.82) is 0 Å². The number of benzene rings is 2. The quantitative estimate of drug-likeness (QED) is 0.558. The van der Waals surface area contributed by atoms with Crippen LogP contribution in [0.3, 0.4) is 0 Å². The van der Waals surface area contributed by atoms with Gasteiger partial charge in [0.05, 0.1) is 0 Å². The Morgan fingerprint density at radius 2 is 1.80 bits per heavy atom. The van der Waals surface area contributed by atoms with Gasteiger partial charge in [-0.1, -0.05) is 12.1 Å². The van der Waals surface area contributed by atoms with Crippen molar-refractivity contribution >= 4 is 11.7 Å². The van der Waals surface area contributed by atoms with Crippen LogP contribution in [0.25, 0.3) is 0 Å². The highest BCUT2D eigenvalue weighted by Crippen LogP contribution is 2.40. The summed E-state index contributed by atoms with van der Waals surface area (Å²) in [5, 5.41) is 16.5. The molecule has 0 aromatic heterocycles. The predicted molar refractivity (Wildman–Crippen MR) is 110 cm³/mol. The summed E-state index contributed by atoms with van der Waals surface area (Å²) < 4.78 is 11.0. The molecule has 1 fully saturated rings. The Hall–Kier alpha value is -3.10. The Labute approximate surface area is 174 Å². The number of nitrogens with two attached hydrogens (primary N) is 1. The fourth-order valence-corrected chi connectivity index (χ4v) is 3.75. The standard InChI is InChI=1S/C22H25N3O5/c23-15-12-24-9-1-2-16(15)25-22(28)14-5-3-13(4-6-14)20(27)19-17(26)7-8-18-21(19)30-11-10-29-18/h3-8,15-16,24,26H,1-2,9-12,23H2,(H,25,28)/t15-,16-/m1/s1. The third-order valence-corrected chi connectivity index (χ3v) is 5.41. The number of hydrogen-bond acceptors (Lipinski definition) is 7. The molecule has 2 aliphatic heterocycles. The summed E-state index contributed by atoms with van der Waals surface area (Å²) in [6, 6.07) is 9.04. The first kappa shape index (κ1) is 20.2. The van der Waals surface area contributed by atoms with Crippen LogP contribution in [0.4, 0.5) is 0 Å². The second kappa shape index (κ2) is 8.73. The summed E-state index contributed by atoms with van der Waals surface area (Å²) in [7, 11) is 0. The number of aromatic hydroxyl groups is 1. The van der Waals surface area contributed by atoms with Crippen molar-refractivity contribution in [2.75, 3.05) is 26.3 Å². The molecule has 0 spiro atoms. The van der Waals surface area contributed by atoms with E-state index in [1.807, 2.05) is 0 Å². The molecule has 8 nitrogen and oxygen atoms in total. The van der Waals surface area contributed by atoms with Crippen LogP contribution in [0.15, 0.2) is 36.4 Å². The predicted octanol–water partition coefficient (Wildman–Crippen LogP) is 1.20. The topological polar surface area (TPSA) is 123 Å². The van der Waals surface area contributed by atoms with Crippen LogP contribution >= 0.6 is 0 Å². The smallest absolute Gasteiger partial charge is 0.251 e. The first-order valence-corrected chi connectivity index (χ1v) is 10.1. The van der Waals surface area contributed by atoms with Gasteiger partial charge in [0.25, 0.3) is 5.91 Å². The van der Waals surface area contributed by atoms with Crippen molar-refractivity contribution in [3.8, 4) is 17.2 Å². The number of ketones is 1. The number of nitrogens with one attached hydrogen (secondary N) is 2. The molecule has 4 rings (SSSR count). The lowest BCUT2D eigenvalue weighted by Crippen LogP contribution is -2.50. The first-order chi connectivity index (χ1) is 14.5. The van der Waals surface area contributed by atoms with E-state index in [4.69, 9.17) is 15.2 Å². The molecule has 2 aliphatic rings. The maximum atomic E-state index is 13.0. The van der Waals surface area contributed by atoms with Crippen molar-refractivity contribution in [2.45, 2.75) is 24.9 Å². The summed E-state index contributed by atoms with van der Waals surface area (Å²) >= 11 is 0. The lowest BCUT2D eigenvalue weighted by atomic mass is 9.99. The highest BCUT2D eigenvalue weighted by Gasteiger charge is 2.26. The molecule has 158 valence electrons. The number of carbonyl (C=O) groups excluding carboxylic acids is 2. The fourth-order valence-electron chi connectivity index (χ4n) is 3.75. The summed E-state index contributed by atoms with van der Waals surface area (Å²) in [6.45, 7) is 2.24. The van der Waals surface area contributed by atoms with Gasteiger partial charge in [-0.2, -0.15) is 0 Å². The number of rotatable bonds is 4. The van der Waals surface area contributed by atoms with Crippen LogP contribution in [-0.2, 0) is 0 Å². The van der Waals surface area contributed by atoms with Crippen LogP contribution in [-0.4, -0.2) is 55.2 Å². The third-order valence-electron chi connectivity index (χ3n) is 5.41. The van der Waals surface area contributed by atoms with E-state index >= 15 is 0 Å². The van der Waals surface area contributed by atoms with Gasteiger partial charge in [0.2, 0.25) is 5.78 Å². The van der Waals surface area contributed by atoms with E-state index in [2.05, 4.69) is 10.6 Å². The van der Waals surface area contributed by atoms with Gasteiger partial charge in [0, 0.05) is 29.8 Å². The number of phenols is 1. The number of phenolic OH excluding ortho intramolecular Hbond substituents is 1. The van der Waals surface area contributed by atoms with Gasteiger partial charge in [-0.15, -0.1) is 0 Å². The molecule has 0 unspecified atom stereocenters. The lowest BCUT2D eigenvalue weighted by molar-refractivity contribution is 0.0928. The maximum absolute atomic E-state index is 13.0. The second-order valence-corrected chi connectivity index (χ2v) is 7.48. The minimum absolute atomic E-state index is 0.0568. The average Bonchev–Trinajstić information content (AvgIpc) is 2.97. The Bertz CT molecular complexity index is 945. The van der Waals surface area contributed by atoms with E-state index in [9.17, 15) is 14.7 Å². The highest BCUT2D eigenvalue weighted by atomic mass is 16.6. The van der Waals surface area contributed by atoms with E-state index in [-0.39, 0.29) is 35.1 Å². The molecular weight excluding hydrogens is 386 g/mol. The van der Waals surface area contributed by atoms with Gasteiger partial charge < -0.3 is 30.9 Å². The van der Waals surface area contributed by atoms with E-state index < -0.39 is 5.78 Å². The van der Waals surface area contributed by atoms with Gasteiger partial charge in [0.1, 0.15) is 24.5 Å². The van der Waals surface area contributed by atoms with Gasteiger partial charge in [-0.3, -0.25) is 9.59 Å². The molecule has 1 saturated heterocycles. The minimum Gasteiger partial charge on any atom is -0.507 e. The molecule has 2 heterocycles. The molecule has 2 aromatic carbocycles. The molecule has 0 aliphatic carbocycles. The van der Waals surface area contributed by atoms with Crippen molar-refractivity contribution in [3.63, 3.8) is 0 Å². The van der Waals surface area contributed by atoms with E-state index in [1.54, 1.807) is 30.3 Å². The van der Waals surface area contributed by atoms with Gasteiger partial charge >= 0.3 is 0 Å². The van der Waals surface area contributed by atoms with Crippen molar-refractivity contribution in [3.05, 3.63) is 53.1 Å². The number of fused-ring (bicyclic) bond motifs is 1. The zero-order valence-electron chi connectivity index (χ0n) is 16.5. The normalized spacial score (nSPS) is 20.8. The third kappa shape index (κ3) is 4.10. The van der Waals surface area contributed by atoms with Gasteiger partial charge in [0.15, 0.2) is 11.5 Å². The monoisotopic (exact) mass is 411 g/mol.